The van der Waals surface area contributed by atoms with E-state index in [1.165, 1.54) is 0 Å². The zero-order valence-electron chi connectivity index (χ0n) is 15.6. The van der Waals surface area contributed by atoms with E-state index >= 15 is 0 Å². The largest absolute Gasteiger partial charge is 0.450 e. The van der Waals surface area contributed by atoms with Crippen molar-refractivity contribution >= 4 is 23.5 Å². The summed E-state index contributed by atoms with van der Waals surface area (Å²) in [5.41, 5.74) is 2.65. The number of piperazine rings is 1. The third kappa shape index (κ3) is 4.75. The Balaban J connectivity index is 1.57. The lowest BCUT2D eigenvalue weighted by Gasteiger charge is -2.34. The summed E-state index contributed by atoms with van der Waals surface area (Å²) in [5.74, 6) is 0.609. The topological polar surface area (TPSA) is 74.8 Å². The molecule has 3 rings (SSSR count). The van der Waals surface area contributed by atoms with Crippen LogP contribution in [0.25, 0.3) is 0 Å². The van der Waals surface area contributed by atoms with Crippen LogP contribution in [0.3, 0.4) is 0 Å². The lowest BCUT2D eigenvalue weighted by atomic mass is 10.2. The number of ether oxygens (including phenoxy) is 1. The molecule has 1 aromatic heterocycles. The molecule has 0 aliphatic carbocycles. The van der Waals surface area contributed by atoms with Gasteiger partial charge in [-0.1, -0.05) is 12.1 Å². The number of rotatable bonds is 4. The molecule has 1 aliphatic rings. The monoisotopic (exact) mass is 368 g/mol. The first-order valence-corrected chi connectivity index (χ1v) is 9.07. The van der Waals surface area contributed by atoms with Gasteiger partial charge in [0.1, 0.15) is 5.82 Å². The molecule has 1 saturated heterocycles. The van der Waals surface area contributed by atoms with E-state index < -0.39 is 0 Å². The highest BCUT2D eigenvalue weighted by Crippen LogP contribution is 2.17. The van der Waals surface area contributed by atoms with Gasteiger partial charge in [-0.15, -0.1) is 0 Å². The van der Waals surface area contributed by atoms with Gasteiger partial charge in [0.25, 0.3) is 5.91 Å². The highest BCUT2D eigenvalue weighted by atomic mass is 16.6. The molecule has 0 spiro atoms. The first-order valence-electron chi connectivity index (χ1n) is 9.07. The van der Waals surface area contributed by atoms with Gasteiger partial charge in [-0.3, -0.25) is 4.79 Å². The molecule has 0 bridgehead atoms. The first-order chi connectivity index (χ1) is 13.1. The number of aromatic nitrogens is 1. The Labute approximate surface area is 158 Å². The number of hydrogen-bond donors (Lipinski definition) is 1. The number of carbonyl (C=O) groups excluding carboxylic acids is 2. The highest BCUT2D eigenvalue weighted by molar-refractivity contribution is 5.94. The SMILES string of the molecule is CCOC(=O)N1CCN(C(=O)c2ccc(Nc3cccc(C)c3)nc2)CC1. The molecule has 142 valence electrons. The summed E-state index contributed by atoms with van der Waals surface area (Å²) < 4.78 is 5.00. The van der Waals surface area contributed by atoms with Gasteiger partial charge in [0.2, 0.25) is 0 Å². The minimum Gasteiger partial charge on any atom is -0.450 e. The van der Waals surface area contributed by atoms with E-state index in [0.717, 1.165) is 11.3 Å². The maximum Gasteiger partial charge on any atom is 0.409 e. The molecule has 2 amide bonds. The Kier molecular flexibility index (Phi) is 5.90. The Morgan fingerprint density at radius 3 is 2.48 bits per heavy atom. The second-order valence-electron chi connectivity index (χ2n) is 6.40. The van der Waals surface area contributed by atoms with Crippen molar-refractivity contribution in [2.45, 2.75) is 13.8 Å². The number of aryl methyl sites for hydroxylation is 1. The van der Waals surface area contributed by atoms with Crippen LogP contribution >= 0.6 is 0 Å². The van der Waals surface area contributed by atoms with Crippen LogP contribution < -0.4 is 5.32 Å². The second kappa shape index (κ2) is 8.53. The van der Waals surface area contributed by atoms with Crippen LogP contribution in [0, 0.1) is 6.92 Å². The molecule has 1 aromatic carbocycles. The molecule has 0 radical (unpaired) electrons. The molecule has 27 heavy (non-hydrogen) atoms. The number of nitrogens with zero attached hydrogens (tertiary/aromatic N) is 3. The molecule has 0 atom stereocenters. The molecule has 1 N–H and O–H groups in total. The Morgan fingerprint density at radius 1 is 1.11 bits per heavy atom. The van der Waals surface area contributed by atoms with Crippen LogP contribution in [0.2, 0.25) is 0 Å². The minimum atomic E-state index is -0.321. The second-order valence-corrected chi connectivity index (χ2v) is 6.40. The Morgan fingerprint density at radius 2 is 1.85 bits per heavy atom. The van der Waals surface area contributed by atoms with Gasteiger partial charge in [0.05, 0.1) is 12.2 Å². The fourth-order valence-electron chi connectivity index (χ4n) is 2.95. The lowest BCUT2D eigenvalue weighted by Crippen LogP contribution is -2.50. The maximum atomic E-state index is 12.6. The number of benzene rings is 1. The molecular formula is C20H24N4O3. The van der Waals surface area contributed by atoms with E-state index in [1.54, 1.807) is 35.1 Å². The van der Waals surface area contributed by atoms with Gasteiger partial charge in [-0.05, 0) is 43.7 Å². The fourth-order valence-corrected chi connectivity index (χ4v) is 2.95. The quantitative estimate of drug-likeness (QED) is 0.898. The summed E-state index contributed by atoms with van der Waals surface area (Å²) in [7, 11) is 0. The predicted octanol–water partition coefficient (Wildman–Crippen LogP) is 3.05. The molecule has 1 aliphatic heterocycles. The smallest absolute Gasteiger partial charge is 0.409 e. The highest BCUT2D eigenvalue weighted by Gasteiger charge is 2.25. The summed E-state index contributed by atoms with van der Waals surface area (Å²) in [6.07, 6.45) is 1.26. The van der Waals surface area contributed by atoms with E-state index in [4.69, 9.17) is 4.74 Å². The number of amides is 2. The molecule has 0 saturated carbocycles. The molecule has 2 heterocycles. The van der Waals surface area contributed by atoms with Crippen molar-refractivity contribution < 1.29 is 14.3 Å². The normalized spacial score (nSPS) is 14.0. The van der Waals surface area contributed by atoms with Crippen LogP contribution in [0.5, 0.6) is 0 Å². The fraction of sp³-hybridized carbons (Fsp3) is 0.350. The van der Waals surface area contributed by atoms with E-state index in [-0.39, 0.29) is 12.0 Å². The van der Waals surface area contributed by atoms with Gasteiger partial charge in [-0.25, -0.2) is 9.78 Å². The van der Waals surface area contributed by atoms with Gasteiger partial charge >= 0.3 is 6.09 Å². The van der Waals surface area contributed by atoms with Crippen LogP contribution in [0.15, 0.2) is 42.6 Å². The summed E-state index contributed by atoms with van der Waals surface area (Å²) in [4.78, 5) is 32.1. The van der Waals surface area contributed by atoms with Crippen molar-refractivity contribution in [2.75, 3.05) is 38.1 Å². The minimum absolute atomic E-state index is 0.0758. The van der Waals surface area contributed by atoms with E-state index in [9.17, 15) is 9.59 Å². The van der Waals surface area contributed by atoms with Crippen LogP contribution in [-0.2, 0) is 4.74 Å². The molecule has 7 nitrogen and oxygen atoms in total. The van der Waals surface area contributed by atoms with E-state index in [1.807, 2.05) is 31.2 Å². The van der Waals surface area contributed by atoms with Crippen molar-refractivity contribution in [3.63, 3.8) is 0 Å². The molecule has 2 aromatic rings. The van der Waals surface area contributed by atoms with Crippen molar-refractivity contribution in [1.82, 2.24) is 14.8 Å². The summed E-state index contributed by atoms with van der Waals surface area (Å²) in [6.45, 7) is 6.09. The van der Waals surface area contributed by atoms with Crippen LogP contribution in [0.4, 0.5) is 16.3 Å². The number of nitrogens with one attached hydrogen (secondary N) is 1. The van der Waals surface area contributed by atoms with Crippen molar-refractivity contribution in [1.29, 1.82) is 0 Å². The van der Waals surface area contributed by atoms with Crippen LogP contribution in [-0.4, -0.2) is 59.6 Å². The lowest BCUT2D eigenvalue weighted by molar-refractivity contribution is 0.0570. The van der Waals surface area contributed by atoms with E-state index in [0.29, 0.717) is 44.2 Å². The molecule has 0 unspecified atom stereocenters. The summed E-state index contributed by atoms with van der Waals surface area (Å²) in [6, 6.07) is 11.6. The van der Waals surface area contributed by atoms with Gasteiger partial charge in [-0.2, -0.15) is 0 Å². The van der Waals surface area contributed by atoms with E-state index in [2.05, 4.69) is 10.3 Å². The third-order valence-electron chi connectivity index (χ3n) is 4.39. The average molecular weight is 368 g/mol. The molecule has 7 heteroatoms. The van der Waals surface area contributed by atoms with Gasteiger partial charge in [0, 0.05) is 38.1 Å². The van der Waals surface area contributed by atoms with Crippen molar-refractivity contribution in [3.8, 4) is 0 Å². The van der Waals surface area contributed by atoms with Gasteiger partial charge < -0.3 is 19.9 Å². The Bertz CT molecular complexity index is 799. The summed E-state index contributed by atoms with van der Waals surface area (Å²) >= 11 is 0. The standard InChI is InChI=1S/C20H24N4O3/c1-3-27-20(26)24-11-9-23(10-12-24)19(25)16-7-8-18(21-14-16)22-17-6-4-5-15(2)13-17/h4-8,13-14H,3,9-12H2,1-2H3,(H,21,22). The molecular weight excluding hydrogens is 344 g/mol. The third-order valence-corrected chi connectivity index (χ3v) is 4.39. The maximum absolute atomic E-state index is 12.6. The van der Waals surface area contributed by atoms with Crippen molar-refractivity contribution in [2.24, 2.45) is 0 Å². The summed E-state index contributed by atoms with van der Waals surface area (Å²) in [5, 5.41) is 3.23. The first kappa shape index (κ1) is 18.7. The predicted molar refractivity (Wildman–Crippen MR) is 103 cm³/mol. The zero-order chi connectivity index (χ0) is 19.2. The number of carbonyl (C=O) groups is 2. The van der Waals surface area contributed by atoms with Crippen LogP contribution in [0.1, 0.15) is 22.8 Å². The number of hydrogen-bond acceptors (Lipinski definition) is 5. The Hall–Kier alpha value is -3.09. The number of anilines is 2. The van der Waals surface area contributed by atoms with Gasteiger partial charge in [0.15, 0.2) is 0 Å². The average Bonchev–Trinajstić information content (AvgIpc) is 2.68. The van der Waals surface area contributed by atoms with Crippen molar-refractivity contribution in [3.05, 3.63) is 53.7 Å². The zero-order valence-corrected chi connectivity index (χ0v) is 15.6. The number of pyridine rings is 1. The molecule has 1 fully saturated rings.